The number of rotatable bonds is 5. The number of amides is 1. The van der Waals surface area contributed by atoms with Gasteiger partial charge in [-0.2, -0.15) is 0 Å². The van der Waals surface area contributed by atoms with Gasteiger partial charge in [0.2, 0.25) is 0 Å². The van der Waals surface area contributed by atoms with Gasteiger partial charge >= 0.3 is 0 Å². The van der Waals surface area contributed by atoms with Crippen LogP contribution in [0.2, 0.25) is 0 Å². The summed E-state index contributed by atoms with van der Waals surface area (Å²) in [6.07, 6.45) is 2.34. The molecular formula is C24H25N2O2+. The average molecular weight is 373 g/mol. The fourth-order valence-electron chi connectivity index (χ4n) is 4.81. The summed E-state index contributed by atoms with van der Waals surface area (Å²) in [4.78, 5) is 16.6. The molecule has 142 valence electrons. The molecule has 0 spiro atoms. The largest absolute Gasteiger partial charge is 0.494 e. The van der Waals surface area contributed by atoms with Crippen molar-refractivity contribution in [2.24, 2.45) is 0 Å². The van der Waals surface area contributed by atoms with E-state index in [0.717, 1.165) is 40.7 Å². The van der Waals surface area contributed by atoms with Gasteiger partial charge in [0, 0.05) is 23.8 Å². The molecule has 0 aromatic heterocycles. The van der Waals surface area contributed by atoms with Crippen LogP contribution in [0.4, 0.5) is 5.69 Å². The molecule has 4 heteroatoms. The van der Waals surface area contributed by atoms with Crippen molar-refractivity contribution in [1.82, 2.24) is 0 Å². The van der Waals surface area contributed by atoms with E-state index in [9.17, 15) is 4.79 Å². The quantitative estimate of drug-likeness (QED) is 0.742. The van der Waals surface area contributed by atoms with E-state index < -0.39 is 0 Å². The van der Waals surface area contributed by atoms with Crippen LogP contribution < -0.4 is 14.5 Å². The standard InChI is InChI=1S/C24H24N2O2/c1-2-28-19-13-11-17(12-14-19)21-10-5-15-25(21)16-26-22-9-4-7-18-6-3-8-20(23(18)22)24(26)27/h3-4,6-9,11-14,21H,2,5,10,15-16H2,1H3/p+1/t21-/m0/s1. The van der Waals surface area contributed by atoms with Crippen LogP contribution in [0.3, 0.4) is 0 Å². The molecule has 2 aliphatic rings. The van der Waals surface area contributed by atoms with Crippen molar-refractivity contribution in [3.63, 3.8) is 0 Å². The van der Waals surface area contributed by atoms with Gasteiger partial charge in [-0.3, -0.25) is 9.69 Å². The predicted molar refractivity (Wildman–Crippen MR) is 111 cm³/mol. The molecule has 28 heavy (non-hydrogen) atoms. The number of hydrogen-bond donors (Lipinski definition) is 1. The smallest absolute Gasteiger partial charge is 0.263 e. The van der Waals surface area contributed by atoms with Gasteiger partial charge in [0.25, 0.3) is 5.91 Å². The molecule has 3 aromatic rings. The lowest BCUT2D eigenvalue weighted by atomic mass is 10.0. The zero-order valence-corrected chi connectivity index (χ0v) is 16.2. The molecule has 1 saturated heterocycles. The highest BCUT2D eigenvalue weighted by molar-refractivity contribution is 6.24. The number of nitrogens with one attached hydrogen (secondary N) is 1. The fourth-order valence-corrected chi connectivity index (χ4v) is 4.81. The van der Waals surface area contributed by atoms with Crippen molar-refractivity contribution in [3.8, 4) is 5.75 Å². The lowest BCUT2D eigenvalue weighted by Gasteiger charge is -2.27. The maximum Gasteiger partial charge on any atom is 0.263 e. The first-order chi connectivity index (χ1) is 13.8. The number of carbonyl (C=O) groups is 1. The molecule has 2 heterocycles. The second kappa shape index (κ2) is 6.95. The van der Waals surface area contributed by atoms with Gasteiger partial charge in [0.05, 0.1) is 24.4 Å². The SMILES string of the molecule is CCOc1ccc([C@@H]2CCC[NH+]2CN2C(=O)c3cccc4cccc2c34)cc1. The number of benzene rings is 3. The molecule has 0 saturated carbocycles. The van der Waals surface area contributed by atoms with Crippen LogP contribution in [0.1, 0.15) is 41.7 Å². The number of likely N-dealkylation sites (tertiary alicyclic amines) is 1. The third kappa shape index (κ3) is 2.76. The number of quaternary nitrogens is 1. The molecule has 1 N–H and O–H groups in total. The first-order valence-electron chi connectivity index (χ1n) is 10.2. The third-order valence-corrected chi connectivity index (χ3v) is 6.09. The van der Waals surface area contributed by atoms with Crippen molar-refractivity contribution < 1.29 is 14.4 Å². The summed E-state index contributed by atoms with van der Waals surface area (Å²) in [5.41, 5.74) is 3.23. The highest BCUT2D eigenvalue weighted by atomic mass is 16.5. The second-order valence-corrected chi connectivity index (χ2v) is 7.68. The lowest BCUT2D eigenvalue weighted by Crippen LogP contribution is -3.12. The summed E-state index contributed by atoms with van der Waals surface area (Å²) in [7, 11) is 0. The van der Waals surface area contributed by atoms with Gasteiger partial charge in [-0.05, 0) is 48.7 Å². The Morgan fingerprint density at radius 3 is 2.64 bits per heavy atom. The molecular weight excluding hydrogens is 348 g/mol. The van der Waals surface area contributed by atoms with Gasteiger partial charge in [-0.1, -0.05) is 24.3 Å². The molecule has 0 aliphatic carbocycles. The maximum absolute atomic E-state index is 13.1. The van der Waals surface area contributed by atoms with Crippen LogP contribution in [-0.2, 0) is 0 Å². The lowest BCUT2D eigenvalue weighted by molar-refractivity contribution is -0.917. The van der Waals surface area contributed by atoms with Gasteiger partial charge in [0.1, 0.15) is 11.8 Å². The Morgan fingerprint density at radius 2 is 1.86 bits per heavy atom. The fraction of sp³-hybridized carbons (Fsp3) is 0.292. The van der Waals surface area contributed by atoms with Crippen LogP contribution in [0.5, 0.6) is 5.75 Å². The van der Waals surface area contributed by atoms with Crippen molar-refractivity contribution in [1.29, 1.82) is 0 Å². The van der Waals surface area contributed by atoms with Gasteiger partial charge < -0.3 is 9.64 Å². The Kier molecular flexibility index (Phi) is 4.29. The zero-order valence-electron chi connectivity index (χ0n) is 16.2. The molecule has 0 radical (unpaired) electrons. The average Bonchev–Trinajstić information content (AvgIpc) is 3.29. The van der Waals surface area contributed by atoms with Gasteiger partial charge in [0.15, 0.2) is 6.67 Å². The minimum absolute atomic E-state index is 0.136. The van der Waals surface area contributed by atoms with Crippen molar-refractivity contribution in [2.75, 3.05) is 24.7 Å². The van der Waals surface area contributed by atoms with E-state index in [1.165, 1.54) is 16.9 Å². The van der Waals surface area contributed by atoms with Gasteiger partial charge in [-0.15, -0.1) is 0 Å². The van der Waals surface area contributed by atoms with E-state index in [2.05, 4.69) is 48.5 Å². The molecule has 4 nitrogen and oxygen atoms in total. The topological polar surface area (TPSA) is 34.0 Å². The number of nitrogens with zero attached hydrogens (tertiary/aromatic N) is 1. The van der Waals surface area contributed by atoms with E-state index in [-0.39, 0.29) is 5.91 Å². The monoisotopic (exact) mass is 373 g/mol. The number of hydrogen-bond acceptors (Lipinski definition) is 2. The van der Waals surface area contributed by atoms with E-state index in [1.807, 2.05) is 24.0 Å². The first-order valence-corrected chi connectivity index (χ1v) is 10.2. The number of carbonyl (C=O) groups excluding carboxylic acids is 1. The minimum atomic E-state index is 0.136. The first kappa shape index (κ1) is 17.3. The van der Waals surface area contributed by atoms with Crippen LogP contribution in [0.15, 0.2) is 60.7 Å². The summed E-state index contributed by atoms with van der Waals surface area (Å²) in [5.74, 6) is 1.05. The van der Waals surface area contributed by atoms with E-state index in [1.54, 1.807) is 0 Å². The molecule has 1 unspecified atom stereocenters. The Hall–Kier alpha value is -2.85. The highest BCUT2D eigenvalue weighted by Gasteiger charge is 2.37. The molecule has 5 rings (SSSR count). The maximum atomic E-state index is 13.1. The molecule has 2 atom stereocenters. The summed E-state index contributed by atoms with van der Waals surface area (Å²) in [5, 5.41) is 2.25. The van der Waals surface area contributed by atoms with E-state index in [4.69, 9.17) is 4.74 Å². The van der Waals surface area contributed by atoms with Crippen LogP contribution >= 0.6 is 0 Å². The number of anilines is 1. The zero-order chi connectivity index (χ0) is 19.1. The molecule has 1 amide bonds. The van der Waals surface area contributed by atoms with Crippen molar-refractivity contribution in [3.05, 3.63) is 71.8 Å². The van der Waals surface area contributed by atoms with Gasteiger partial charge in [-0.25, -0.2) is 0 Å². The molecule has 3 aromatic carbocycles. The summed E-state index contributed by atoms with van der Waals surface area (Å²) in [6, 6.07) is 21.2. The van der Waals surface area contributed by atoms with Crippen molar-refractivity contribution >= 4 is 22.4 Å². The Morgan fingerprint density at radius 1 is 1.07 bits per heavy atom. The Labute approximate surface area is 165 Å². The van der Waals surface area contributed by atoms with Crippen LogP contribution in [0, 0.1) is 0 Å². The normalized spacial score (nSPS) is 20.9. The summed E-state index contributed by atoms with van der Waals surface area (Å²) < 4.78 is 5.58. The summed E-state index contributed by atoms with van der Waals surface area (Å²) >= 11 is 0. The highest BCUT2D eigenvalue weighted by Crippen LogP contribution is 2.36. The van der Waals surface area contributed by atoms with E-state index >= 15 is 0 Å². The molecule has 2 aliphatic heterocycles. The Balaban J connectivity index is 1.41. The Bertz CT molecular complexity index is 1020. The van der Waals surface area contributed by atoms with Crippen LogP contribution in [0.25, 0.3) is 10.8 Å². The number of ether oxygens (including phenoxy) is 1. The van der Waals surface area contributed by atoms with Crippen molar-refractivity contribution in [2.45, 2.75) is 25.8 Å². The predicted octanol–water partition coefficient (Wildman–Crippen LogP) is 3.58. The molecule has 0 bridgehead atoms. The third-order valence-electron chi connectivity index (χ3n) is 6.09. The van der Waals surface area contributed by atoms with Crippen LogP contribution in [-0.4, -0.2) is 25.7 Å². The second-order valence-electron chi connectivity index (χ2n) is 7.68. The minimum Gasteiger partial charge on any atom is -0.494 e. The van der Waals surface area contributed by atoms with E-state index in [0.29, 0.717) is 19.3 Å². The molecule has 1 fully saturated rings. The summed E-state index contributed by atoms with van der Waals surface area (Å²) in [6.45, 7) is 4.49.